The van der Waals surface area contributed by atoms with Gasteiger partial charge in [0.15, 0.2) is 0 Å². The first-order chi connectivity index (χ1) is 7.62. The molecule has 2 aliphatic rings. The summed E-state index contributed by atoms with van der Waals surface area (Å²) in [7, 11) is 0. The summed E-state index contributed by atoms with van der Waals surface area (Å²) >= 11 is 0. The molecule has 0 spiro atoms. The van der Waals surface area contributed by atoms with E-state index in [9.17, 15) is 5.11 Å². The van der Waals surface area contributed by atoms with Crippen LogP contribution in [-0.4, -0.2) is 34.7 Å². The second kappa shape index (κ2) is 5.05. The number of aliphatic hydroxyl groups is 1. The molecule has 1 aliphatic carbocycles. The van der Waals surface area contributed by atoms with Crippen LogP contribution in [-0.2, 0) is 0 Å². The summed E-state index contributed by atoms with van der Waals surface area (Å²) in [6.45, 7) is 6.54. The molecule has 1 saturated carbocycles. The molecule has 0 radical (unpaired) electrons. The Bertz CT molecular complexity index is 217. The predicted octanol–water partition coefficient (Wildman–Crippen LogP) is 2.80. The fraction of sp³-hybridized carbons (Fsp3) is 1.00. The zero-order valence-electron chi connectivity index (χ0n) is 10.9. The van der Waals surface area contributed by atoms with Crippen LogP contribution in [0.15, 0.2) is 0 Å². The summed E-state index contributed by atoms with van der Waals surface area (Å²) in [6, 6.07) is 0.815. The van der Waals surface area contributed by atoms with E-state index in [1.807, 2.05) is 6.92 Å². The van der Waals surface area contributed by atoms with E-state index in [0.29, 0.717) is 0 Å². The van der Waals surface area contributed by atoms with E-state index in [2.05, 4.69) is 11.8 Å². The summed E-state index contributed by atoms with van der Waals surface area (Å²) in [5, 5.41) is 9.99. The zero-order valence-corrected chi connectivity index (χ0v) is 10.9. The molecule has 2 nitrogen and oxygen atoms in total. The van der Waals surface area contributed by atoms with Crippen molar-refractivity contribution in [3.8, 4) is 0 Å². The Morgan fingerprint density at radius 1 is 1.19 bits per heavy atom. The molecule has 2 fully saturated rings. The lowest BCUT2D eigenvalue weighted by Gasteiger charge is -2.44. The van der Waals surface area contributed by atoms with Gasteiger partial charge in [0.05, 0.1) is 5.60 Å². The van der Waals surface area contributed by atoms with Crippen LogP contribution in [0.1, 0.15) is 58.8 Å². The van der Waals surface area contributed by atoms with Crippen LogP contribution in [0.2, 0.25) is 0 Å². The molecule has 16 heavy (non-hydrogen) atoms. The molecule has 2 rings (SSSR count). The molecule has 0 amide bonds. The van der Waals surface area contributed by atoms with Crippen molar-refractivity contribution in [1.82, 2.24) is 4.90 Å². The van der Waals surface area contributed by atoms with Crippen LogP contribution >= 0.6 is 0 Å². The van der Waals surface area contributed by atoms with Gasteiger partial charge in [0.2, 0.25) is 0 Å². The lowest BCUT2D eigenvalue weighted by Crippen LogP contribution is -2.50. The van der Waals surface area contributed by atoms with E-state index >= 15 is 0 Å². The van der Waals surface area contributed by atoms with Crippen molar-refractivity contribution >= 4 is 0 Å². The summed E-state index contributed by atoms with van der Waals surface area (Å²) in [4.78, 5) is 2.66. The van der Waals surface area contributed by atoms with E-state index in [-0.39, 0.29) is 0 Å². The van der Waals surface area contributed by atoms with E-state index in [1.165, 1.54) is 32.1 Å². The van der Waals surface area contributed by atoms with Gasteiger partial charge < -0.3 is 5.11 Å². The topological polar surface area (TPSA) is 23.5 Å². The minimum atomic E-state index is -0.396. The van der Waals surface area contributed by atoms with Crippen molar-refractivity contribution in [2.45, 2.75) is 70.4 Å². The van der Waals surface area contributed by atoms with Gasteiger partial charge in [-0.05, 0) is 38.5 Å². The highest BCUT2D eigenvalue weighted by Crippen LogP contribution is 2.33. The third-order valence-electron chi connectivity index (χ3n) is 4.74. The van der Waals surface area contributed by atoms with Gasteiger partial charge in [-0.15, -0.1) is 0 Å². The molecule has 2 heteroatoms. The van der Waals surface area contributed by atoms with Gasteiger partial charge in [0.1, 0.15) is 0 Å². The van der Waals surface area contributed by atoms with Crippen LogP contribution in [0.25, 0.3) is 0 Å². The van der Waals surface area contributed by atoms with Crippen LogP contribution in [0.4, 0.5) is 0 Å². The lowest BCUT2D eigenvalue weighted by atomic mass is 9.80. The second-order valence-electron chi connectivity index (χ2n) is 6.05. The summed E-state index contributed by atoms with van der Waals surface area (Å²) in [5.74, 6) is 0.914. The van der Waals surface area contributed by atoms with Crippen molar-refractivity contribution in [2.75, 3.05) is 13.1 Å². The fourth-order valence-corrected chi connectivity index (χ4v) is 3.48. The SMILES string of the molecule is CCC1CCCCC1N1CCC(C)(O)CC1. The Morgan fingerprint density at radius 3 is 2.44 bits per heavy atom. The van der Waals surface area contributed by atoms with E-state index < -0.39 is 5.60 Å². The van der Waals surface area contributed by atoms with Gasteiger partial charge in [0, 0.05) is 19.1 Å². The first-order valence-electron chi connectivity index (χ1n) is 7.09. The molecule has 2 unspecified atom stereocenters. The van der Waals surface area contributed by atoms with Gasteiger partial charge >= 0.3 is 0 Å². The van der Waals surface area contributed by atoms with Crippen molar-refractivity contribution in [3.63, 3.8) is 0 Å². The van der Waals surface area contributed by atoms with Crippen molar-refractivity contribution < 1.29 is 5.11 Å². The Morgan fingerprint density at radius 2 is 1.81 bits per heavy atom. The number of hydrogen-bond acceptors (Lipinski definition) is 2. The van der Waals surface area contributed by atoms with Gasteiger partial charge in [-0.2, -0.15) is 0 Å². The predicted molar refractivity (Wildman–Crippen MR) is 67.5 cm³/mol. The van der Waals surface area contributed by atoms with Crippen LogP contribution in [0, 0.1) is 5.92 Å². The van der Waals surface area contributed by atoms with Crippen molar-refractivity contribution in [2.24, 2.45) is 5.92 Å². The molecule has 0 bridgehead atoms. The number of rotatable bonds is 2. The van der Waals surface area contributed by atoms with Crippen molar-refractivity contribution in [1.29, 1.82) is 0 Å². The number of nitrogens with zero attached hydrogens (tertiary/aromatic N) is 1. The quantitative estimate of drug-likeness (QED) is 0.781. The van der Waals surface area contributed by atoms with Gasteiger partial charge in [-0.3, -0.25) is 4.90 Å². The van der Waals surface area contributed by atoms with Gasteiger partial charge in [-0.25, -0.2) is 0 Å². The van der Waals surface area contributed by atoms with Crippen LogP contribution in [0.3, 0.4) is 0 Å². The average Bonchev–Trinajstić information content (AvgIpc) is 2.29. The Kier molecular flexibility index (Phi) is 3.91. The van der Waals surface area contributed by atoms with Crippen LogP contribution < -0.4 is 0 Å². The minimum Gasteiger partial charge on any atom is -0.390 e. The smallest absolute Gasteiger partial charge is 0.0644 e. The van der Waals surface area contributed by atoms with Gasteiger partial charge in [0.25, 0.3) is 0 Å². The van der Waals surface area contributed by atoms with Crippen LogP contribution in [0.5, 0.6) is 0 Å². The monoisotopic (exact) mass is 225 g/mol. The van der Waals surface area contributed by atoms with E-state index in [1.54, 1.807) is 0 Å². The molecule has 1 N–H and O–H groups in total. The third kappa shape index (κ3) is 2.78. The molecule has 0 aromatic carbocycles. The minimum absolute atomic E-state index is 0.396. The zero-order chi connectivity index (χ0) is 11.6. The first-order valence-corrected chi connectivity index (χ1v) is 7.09. The Hall–Kier alpha value is -0.0800. The highest BCUT2D eigenvalue weighted by Gasteiger charge is 2.34. The maximum atomic E-state index is 9.99. The maximum absolute atomic E-state index is 9.99. The first kappa shape index (κ1) is 12.4. The molecule has 1 aliphatic heterocycles. The highest BCUT2D eigenvalue weighted by molar-refractivity contribution is 4.89. The molecule has 0 aromatic rings. The molecule has 0 aromatic heterocycles. The molecule has 2 atom stereocenters. The molecule has 94 valence electrons. The van der Waals surface area contributed by atoms with Gasteiger partial charge in [-0.1, -0.05) is 26.2 Å². The second-order valence-corrected chi connectivity index (χ2v) is 6.05. The maximum Gasteiger partial charge on any atom is 0.0644 e. The third-order valence-corrected chi connectivity index (χ3v) is 4.74. The normalized spacial score (nSPS) is 36.2. The number of hydrogen-bond donors (Lipinski definition) is 1. The summed E-state index contributed by atoms with van der Waals surface area (Å²) in [6.07, 6.45) is 8.90. The number of piperidine rings is 1. The van der Waals surface area contributed by atoms with E-state index in [4.69, 9.17) is 0 Å². The molecule has 1 heterocycles. The molecular weight excluding hydrogens is 198 g/mol. The lowest BCUT2D eigenvalue weighted by molar-refractivity contribution is -0.0301. The fourth-order valence-electron chi connectivity index (χ4n) is 3.48. The van der Waals surface area contributed by atoms with Crippen molar-refractivity contribution in [3.05, 3.63) is 0 Å². The largest absolute Gasteiger partial charge is 0.390 e. The average molecular weight is 225 g/mol. The van der Waals surface area contributed by atoms with E-state index in [0.717, 1.165) is 37.9 Å². The Balaban J connectivity index is 1.91. The standard InChI is InChI=1S/C14H27NO/c1-3-12-6-4-5-7-13(12)15-10-8-14(2,16)9-11-15/h12-13,16H,3-11H2,1-2H3. The molecule has 1 saturated heterocycles. The summed E-state index contributed by atoms with van der Waals surface area (Å²) < 4.78 is 0. The number of likely N-dealkylation sites (tertiary alicyclic amines) is 1. The molecular formula is C14H27NO. The highest BCUT2D eigenvalue weighted by atomic mass is 16.3. The summed E-state index contributed by atoms with van der Waals surface area (Å²) in [5.41, 5.74) is -0.396. The Labute approximate surface area is 100 Å².